The maximum absolute atomic E-state index is 6.02. The standard InChI is InChI=1S/C23H34N2O/c1-4-6-8-10-11-19(3)26-22-15-13-21(14-16-22)23-24-17-20(18-25-23)12-9-7-5-2/h13-19H,4-12H2,1-3H3. The Labute approximate surface area is 159 Å². The maximum Gasteiger partial charge on any atom is 0.159 e. The second-order valence-corrected chi connectivity index (χ2v) is 7.17. The molecule has 26 heavy (non-hydrogen) atoms. The molecule has 0 spiro atoms. The molecule has 0 bridgehead atoms. The average molecular weight is 355 g/mol. The van der Waals surface area contributed by atoms with Gasteiger partial charge in [0.1, 0.15) is 5.75 Å². The highest BCUT2D eigenvalue weighted by Crippen LogP contribution is 2.21. The summed E-state index contributed by atoms with van der Waals surface area (Å²) in [5.74, 6) is 1.70. The number of ether oxygens (including phenoxy) is 1. The molecule has 3 nitrogen and oxygen atoms in total. The number of unbranched alkanes of at least 4 members (excludes halogenated alkanes) is 5. The molecule has 0 saturated carbocycles. The fourth-order valence-corrected chi connectivity index (χ4v) is 3.04. The zero-order valence-corrected chi connectivity index (χ0v) is 16.7. The van der Waals surface area contributed by atoms with E-state index in [9.17, 15) is 0 Å². The smallest absolute Gasteiger partial charge is 0.159 e. The summed E-state index contributed by atoms with van der Waals surface area (Å²) in [4.78, 5) is 9.05. The molecule has 0 N–H and O–H groups in total. The summed E-state index contributed by atoms with van der Waals surface area (Å²) in [5.41, 5.74) is 2.26. The summed E-state index contributed by atoms with van der Waals surface area (Å²) in [6.07, 6.45) is 15.2. The molecular weight excluding hydrogens is 320 g/mol. The van der Waals surface area contributed by atoms with Crippen LogP contribution in [0.15, 0.2) is 36.7 Å². The van der Waals surface area contributed by atoms with Gasteiger partial charge in [0.05, 0.1) is 6.10 Å². The summed E-state index contributed by atoms with van der Waals surface area (Å²) in [6, 6.07) is 8.14. The van der Waals surface area contributed by atoms with E-state index in [0.29, 0.717) is 0 Å². The molecule has 0 saturated heterocycles. The molecule has 0 fully saturated rings. The molecule has 1 atom stereocenters. The van der Waals surface area contributed by atoms with E-state index >= 15 is 0 Å². The molecule has 1 heterocycles. The number of nitrogens with zero attached hydrogens (tertiary/aromatic N) is 2. The van der Waals surface area contributed by atoms with E-state index in [1.54, 1.807) is 0 Å². The highest BCUT2D eigenvalue weighted by Gasteiger charge is 2.06. The number of hydrogen-bond acceptors (Lipinski definition) is 3. The Hall–Kier alpha value is -1.90. The lowest BCUT2D eigenvalue weighted by atomic mass is 10.1. The monoisotopic (exact) mass is 354 g/mol. The predicted octanol–water partition coefficient (Wildman–Crippen LogP) is 6.61. The van der Waals surface area contributed by atoms with Crippen LogP contribution < -0.4 is 4.74 Å². The Bertz CT molecular complexity index is 607. The number of aromatic nitrogens is 2. The summed E-state index contributed by atoms with van der Waals surface area (Å²) >= 11 is 0. The van der Waals surface area contributed by atoms with Gasteiger partial charge in [-0.15, -0.1) is 0 Å². The second-order valence-electron chi connectivity index (χ2n) is 7.17. The Morgan fingerprint density at radius 2 is 1.50 bits per heavy atom. The highest BCUT2D eigenvalue weighted by molar-refractivity contribution is 5.55. The first-order valence-electron chi connectivity index (χ1n) is 10.3. The molecular formula is C23H34N2O. The number of rotatable bonds is 12. The molecule has 1 aromatic carbocycles. The van der Waals surface area contributed by atoms with E-state index < -0.39 is 0 Å². The fourth-order valence-electron chi connectivity index (χ4n) is 3.04. The first kappa shape index (κ1) is 20.4. The lowest BCUT2D eigenvalue weighted by molar-refractivity contribution is 0.206. The van der Waals surface area contributed by atoms with Crippen molar-refractivity contribution in [2.75, 3.05) is 0 Å². The van der Waals surface area contributed by atoms with E-state index in [4.69, 9.17) is 4.74 Å². The van der Waals surface area contributed by atoms with Crippen LogP contribution in [0, 0.1) is 0 Å². The number of benzene rings is 1. The summed E-state index contributed by atoms with van der Waals surface area (Å²) in [6.45, 7) is 6.62. The molecule has 0 aliphatic carbocycles. The first-order chi connectivity index (χ1) is 12.7. The van der Waals surface area contributed by atoms with Gasteiger partial charge in [0.2, 0.25) is 0 Å². The number of aryl methyl sites for hydroxylation is 1. The Balaban J connectivity index is 1.84. The van der Waals surface area contributed by atoms with Crippen molar-refractivity contribution in [2.45, 2.75) is 84.7 Å². The number of hydrogen-bond donors (Lipinski definition) is 0. The molecule has 0 aliphatic heterocycles. The van der Waals surface area contributed by atoms with Crippen LogP contribution in [0.1, 0.15) is 77.7 Å². The van der Waals surface area contributed by atoms with Crippen molar-refractivity contribution in [3.63, 3.8) is 0 Å². The van der Waals surface area contributed by atoms with Gasteiger partial charge in [0, 0.05) is 18.0 Å². The van der Waals surface area contributed by atoms with Crippen LogP contribution in [0.4, 0.5) is 0 Å². The molecule has 2 aromatic rings. The summed E-state index contributed by atoms with van der Waals surface area (Å²) < 4.78 is 6.02. The lowest BCUT2D eigenvalue weighted by Gasteiger charge is -2.14. The summed E-state index contributed by atoms with van der Waals surface area (Å²) in [5, 5.41) is 0. The Kier molecular flexibility index (Phi) is 9.16. The lowest BCUT2D eigenvalue weighted by Crippen LogP contribution is -2.11. The predicted molar refractivity (Wildman–Crippen MR) is 110 cm³/mol. The van der Waals surface area contributed by atoms with Crippen molar-refractivity contribution in [3.05, 3.63) is 42.2 Å². The zero-order valence-electron chi connectivity index (χ0n) is 16.7. The van der Waals surface area contributed by atoms with Gasteiger partial charge in [0.25, 0.3) is 0 Å². The minimum atomic E-state index is 0.261. The Morgan fingerprint density at radius 3 is 2.15 bits per heavy atom. The van der Waals surface area contributed by atoms with E-state index in [1.807, 2.05) is 36.7 Å². The maximum atomic E-state index is 6.02. The molecule has 142 valence electrons. The quantitative estimate of drug-likeness (QED) is 0.402. The third-order valence-electron chi connectivity index (χ3n) is 4.69. The van der Waals surface area contributed by atoms with Gasteiger partial charge in [0.15, 0.2) is 5.82 Å². The molecule has 0 amide bonds. The molecule has 3 heteroatoms. The van der Waals surface area contributed by atoms with Crippen LogP contribution in [0.5, 0.6) is 5.75 Å². The first-order valence-corrected chi connectivity index (χ1v) is 10.3. The van der Waals surface area contributed by atoms with Crippen molar-refractivity contribution in [1.82, 2.24) is 9.97 Å². The average Bonchev–Trinajstić information content (AvgIpc) is 2.67. The van der Waals surface area contributed by atoms with E-state index in [0.717, 1.165) is 30.0 Å². The van der Waals surface area contributed by atoms with Gasteiger partial charge in [-0.1, -0.05) is 46.0 Å². The molecule has 1 aromatic heterocycles. The van der Waals surface area contributed by atoms with Gasteiger partial charge < -0.3 is 4.74 Å². The molecule has 2 rings (SSSR count). The van der Waals surface area contributed by atoms with E-state index in [-0.39, 0.29) is 6.10 Å². The van der Waals surface area contributed by atoms with Crippen molar-refractivity contribution in [1.29, 1.82) is 0 Å². The SMILES string of the molecule is CCCCCCC(C)Oc1ccc(-c2ncc(CCCCC)cn2)cc1. The van der Waals surface area contributed by atoms with Crippen LogP contribution in [0.3, 0.4) is 0 Å². The normalized spacial score (nSPS) is 12.1. The minimum Gasteiger partial charge on any atom is -0.491 e. The van der Waals surface area contributed by atoms with E-state index in [2.05, 4.69) is 30.7 Å². The van der Waals surface area contributed by atoms with Crippen LogP contribution in [0.2, 0.25) is 0 Å². The molecule has 0 radical (unpaired) electrons. The Morgan fingerprint density at radius 1 is 0.846 bits per heavy atom. The fraction of sp³-hybridized carbons (Fsp3) is 0.565. The van der Waals surface area contributed by atoms with Gasteiger partial charge in [-0.3, -0.25) is 0 Å². The summed E-state index contributed by atoms with van der Waals surface area (Å²) in [7, 11) is 0. The van der Waals surface area contributed by atoms with Crippen molar-refractivity contribution in [2.24, 2.45) is 0 Å². The largest absolute Gasteiger partial charge is 0.491 e. The van der Waals surface area contributed by atoms with Crippen LogP contribution >= 0.6 is 0 Å². The van der Waals surface area contributed by atoms with Crippen molar-refractivity contribution >= 4 is 0 Å². The zero-order chi connectivity index (χ0) is 18.6. The van der Waals surface area contributed by atoms with Gasteiger partial charge in [-0.05, 0) is 62.4 Å². The third-order valence-corrected chi connectivity index (χ3v) is 4.69. The van der Waals surface area contributed by atoms with E-state index in [1.165, 1.54) is 50.5 Å². The van der Waals surface area contributed by atoms with Gasteiger partial charge in [-0.25, -0.2) is 9.97 Å². The van der Waals surface area contributed by atoms with Crippen molar-refractivity contribution < 1.29 is 4.74 Å². The van der Waals surface area contributed by atoms with Crippen LogP contribution in [-0.2, 0) is 6.42 Å². The topological polar surface area (TPSA) is 35.0 Å². The second kappa shape index (κ2) is 11.7. The molecule has 1 unspecified atom stereocenters. The van der Waals surface area contributed by atoms with Gasteiger partial charge in [-0.2, -0.15) is 0 Å². The van der Waals surface area contributed by atoms with Crippen LogP contribution in [-0.4, -0.2) is 16.1 Å². The minimum absolute atomic E-state index is 0.261. The van der Waals surface area contributed by atoms with Crippen molar-refractivity contribution in [3.8, 4) is 17.1 Å². The van der Waals surface area contributed by atoms with Crippen LogP contribution in [0.25, 0.3) is 11.4 Å². The highest BCUT2D eigenvalue weighted by atomic mass is 16.5. The third kappa shape index (κ3) is 7.15. The molecule has 0 aliphatic rings. The van der Waals surface area contributed by atoms with Gasteiger partial charge >= 0.3 is 0 Å².